The molecule has 0 fully saturated rings. The Hall–Kier alpha value is -0.890. The van der Waals surface area contributed by atoms with E-state index < -0.39 is 0 Å². The average molecular weight is 150 g/mol. The summed E-state index contributed by atoms with van der Waals surface area (Å²) in [6.45, 7) is 0. The summed E-state index contributed by atoms with van der Waals surface area (Å²) < 4.78 is 2.14. The van der Waals surface area contributed by atoms with Crippen molar-refractivity contribution >= 4 is 11.3 Å². The summed E-state index contributed by atoms with van der Waals surface area (Å²) in [4.78, 5) is 1.35. The number of nitrogens with zero attached hydrogens (tertiary/aromatic N) is 1. The van der Waals surface area contributed by atoms with Crippen LogP contribution in [-0.4, -0.2) is 4.57 Å². The highest BCUT2D eigenvalue weighted by Crippen LogP contribution is 2.23. The topological polar surface area (TPSA) is 4.93 Å². The molecule has 1 nitrogen and oxygen atoms in total. The van der Waals surface area contributed by atoms with Gasteiger partial charge in [0.05, 0.1) is 0 Å². The molecule has 0 bridgehead atoms. The van der Waals surface area contributed by atoms with E-state index in [2.05, 4.69) is 42.1 Å². The van der Waals surface area contributed by atoms with E-state index in [1.807, 2.05) is 0 Å². The van der Waals surface area contributed by atoms with Crippen molar-refractivity contribution in [3.63, 3.8) is 0 Å². The Morgan fingerprint density at radius 2 is 2.20 bits per heavy atom. The van der Waals surface area contributed by atoms with Crippen molar-refractivity contribution in [2.24, 2.45) is 7.05 Å². The Labute approximate surface area is 64.6 Å². The summed E-state index contributed by atoms with van der Waals surface area (Å²) in [6.07, 6.45) is 8.40. The lowest BCUT2D eigenvalue weighted by molar-refractivity contribution is 0.892. The number of rotatable bonds is 0. The molecule has 0 aliphatic heterocycles. The molecule has 2 heteroatoms. The van der Waals surface area contributed by atoms with E-state index in [-0.39, 0.29) is 0 Å². The lowest BCUT2D eigenvalue weighted by atomic mass is 10.1. The van der Waals surface area contributed by atoms with Crippen LogP contribution in [0.5, 0.6) is 0 Å². The van der Waals surface area contributed by atoms with Gasteiger partial charge in [0.25, 0.3) is 0 Å². The Morgan fingerprint density at radius 1 is 1.40 bits per heavy atom. The molecule has 1 aliphatic rings. The SMILES string of the molecule is Cn1c[s+]c2c1[CH-]C=C[CH-]2. The summed E-state index contributed by atoms with van der Waals surface area (Å²) >= 11 is 1.78. The molecule has 52 valence electrons. The maximum absolute atomic E-state index is 2.14. The highest BCUT2D eigenvalue weighted by atomic mass is 32.1. The number of hydrogen-bond acceptors (Lipinski definition) is 0. The predicted octanol–water partition coefficient (Wildman–Crippen LogP) is 2.04. The number of allylic oxidation sites excluding steroid dienone is 2. The van der Waals surface area contributed by atoms with Crippen LogP contribution in [0.1, 0.15) is 10.6 Å². The minimum atomic E-state index is 1.31. The van der Waals surface area contributed by atoms with Gasteiger partial charge in [0.15, 0.2) is 0 Å². The van der Waals surface area contributed by atoms with Gasteiger partial charge >= 0.3 is 0 Å². The molecule has 0 N–H and O–H groups in total. The van der Waals surface area contributed by atoms with Crippen LogP contribution >= 0.6 is 11.3 Å². The van der Waals surface area contributed by atoms with Crippen LogP contribution < -0.4 is 0 Å². The van der Waals surface area contributed by atoms with Gasteiger partial charge in [0, 0.05) is 11.9 Å². The Balaban J connectivity index is 2.50. The second-order valence-electron chi connectivity index (χ2n) is 2.30. The van der Waals surface area contributed by atoms with Gasteiger partial charge in [-0.1, -0.05) is 0 Å². The summed E-state index contributed by atoms with van der Waals surface area (Å²) in [6, 6.07) is 0. The molecule has 0 saturated heterocycles. The zero-order chi connectivity index (χ0) is 6.97. The van der Waals surface area contributed by atoms with Gasteiger partial charge in [-0.15, -0.1) is 5.69 Å². The first kappa shape index (κ1) is 5.86. The molecule has 1 aromatic rings. The first-order chi connectivity index (χ1) is 4.88. The summed E-state index contributed by atoms with van der Waals surface area (Å²) in [7, 11) is 2.07. The molecule has 0 unspecified atom stereocenters. The normalized spacial score (nSPS) is 13.7. The second-order valence-corrected chi connectivity index (χ2v) is 3.19. The van der Waals surface area contributed by atoms with Crippen LogP contribution in [-0.2, 0) is 7.05 Å². The third kappa shape index (κ3) is 0.727. The van der Waals surface area contributed by atoms with Crippen LogP contribution in [0.3, 0.4) is 0 Å². The average Bonchev–Trinajstić information content (AvgIpc) is 2.34. The predicted molar refractivity (Wildman–Crippen MR) is 43.6 cm³/mol. The maximum atomic E-state index is 2.14. The molecule has 0 amide bonds. The minimum absolute atomic E-state index is 1.31. The van der Waals surface area contributed by atoms with Gasteiger partial charge < -0.3 is 4.57 Å². The Morgan fingerprint density at radius 3 is 3.00 bits per heavy atom. The molecule has 1 heterocycles. The molecule has 1 aromatic heterocycles. The lowest BCUT2D eigenvalue weighted by Gasteiger charge is -2.18. The van der Waals surface area contributed by atoms with Crippen molar-refractivity contribution in [2.45, 2.75) is 0 Å². The highest BCUT2D eigenvalue weighted by molar-refractivity contribution is 7.10. The number of hydrogen-bond donors (Lipinski definition) is 0. The van der Waals surface area contributed by atoms with Crippen molar-refractivity contribution < 1.29 is 0 Å². The largest absolute Gasteiger partial charge is 0.376 e. The van der Waals surface area contributed by atoms with Crippen molar-refractivity contribution in [2.75, 3.05) is 0 Å². The summed E-state index contributed by atoms with van der Waals surface area (Å²) in [5.74, 6) is 0. The molecular formula is C8H8NS-. The lowest BCUT2D eigenvalue weighted by Crippen LogP contribution is -1.96. The Kier molecular flexibility index (Phi) is 1.21. The van der Waals surface area contributed by atoms with Gasteiger partial charge in [-0.25, -0.2) is 6.42 Å². The van der Waals surface area contributed by atoms with Gasteiger partial charge in [0.1, 0.15) is 11.3 Å². The zero-order valence-corrected chi connectivity index (χ0v) is 6.56. The highest BCUT2D eigenvalue weighted by Gasteiger charge is 2.01. The van der Waals surface area contributed by atoms with E-state index in [0.717, 1.165) is 0 Å². The quantitative estimate of drug-likeness (QED) is 0.394. The van der Waals surface area contributed by atoms with E-state index in [1.54, 1.807) is 11.3 Å². The number of aromatic nitrogens is 1. The number of aryl methyl sites for hydroxylation is 1. The van der Waals surface area contributed by atoms with Gasteiger partial charge in [-0.2, -0.15) is 0 Å². The molecule has 0 radical (unpaired) electrons. The molecule has 0 saturated carbocycles. The molecular weight excluding hydrogens is 142 g/mol. The zero-order valence-electron chi connectivity index (χ0n) is 5.74. The molecule has 0 aromatic carbocycles. The van der Waals surface area contributed by atoms with Crippen molar-refractivity contribution in [3.8, 4) is 0 Å². The first-order valence-corrected chi connectivity index (χ1v) is 4.08. The fraction of sp³-hybridized carbons (Fsp3) is 0.125. The smallest absolute Gasteiger partial charge is 0.239 e. The van der Waals surface area contributed by atoms with Crippen LogP contribution in [0, 0.1) is 12.8 Å². The van der Waals surface area contributed by atoms with Crippen LogP contribution in [0.15, 0.2) is 17.7 Å². The van der Waals surface area contributed by atoms with Crippen LogP contribution in [0.4, 0.5) is 0 Å². The van der Waals surface area contributed by atoms with E-state index in [0.29, 0.717) is 0 Å². The van der Waals surface area contributed by atoms with Crippen molar-refractivity contribution in [3.05, 3.63) is 41.1 Å². The fourth-order valence-electron chi connectivity index (χ4n) is 1.04. The number of thiazole rings is 1. The molecule has 2 rings (SSSR count). The first-order valence-electron chi connectivity index (χ1n) is 3.20. The summed E-state index contributed by atoms with van der Waals surface area (Å²) in [5.41, 5.74) is 3.43. The van der Waals surface area contributed by atoms with Crippen molar-refractivity contribution in [1.82, 2.24) is 4.57 Å². The van der Waals surface area contributed by atoms with Crippen LogP contribution in [0.2, 0.25) is 0 Å². The fourth-order valence-corrected chi connectivity index (χ4v) is 1.92. The van der Waals surface area contributed by atoms with Crippen molar-refractivity contribution in [1.29, 1.82) is 0 Å². The third-order valence-corrected chi connectivity index (χ3v) is 2.60. The monoisotopic (exact) mass is 150 g/mol. The maximum Gasteiger partial charge on any atom is 0.239 e. The third-order valence-electron chi connectivity index (χ3n) is 1.58. The molecule has 0 spiro atoms. The van der Waals surface area contributed by atoms with Gasteiger partial charge in [0.2, 0.25) is 5.51 Å². The minimum Gasteiger partial charge on any atom is -0.376 e. The molecule has 10 heavy (non-hydrogen) atoms. The number of fused-ring (bicyclic) bond motifs is 1. The standard InChI is InChI=1S/C8H8NS/c1-9-6-10-8-5-3-2-4-7(8)9/h2-6H,1H3/q-1. The Bertz CT molecular complexity index is 273. The molecule has 1 aliphatic carbocycles. The van der Waals surface area contributed by atoms with E-state index in [1.165, 1.54) is 10.6 Å². The van der Waals surface area contributed by atoms with E-state index in [4.69, 9.17) is 0 Å². The van der Waals surface area contributed by atoms with E-state index >= 15 is 0 Å². The molecule has 0 atom stereocenters. The van der Waals surface area contributed by atoms with Gasteiger partial charge in [-0.05, 0) is 0 Å². The second kappa shape index (κ2) is 2.06. The van der Waals surface area contributed by atoms with E-state index in [9.17, 15) is 0 Å². The van der Waals surface area contributed by atoms with Crippen LogP contribution in [0.25, 0.3) is 0 Å². The van der Waals surface area contributed by atoms with Gasteiger partial charge in [-0.3, -0.25) is 18.6 Å². The summed E-state index contributed by atoms with van der Waals surface area (Å²) in [5, 5.41) is 0.